The molecule has 1 saturated heterocycles. The third kappa shape index (κ3) is 5.64. The third-order valence-electron chi connectivity index (χ3n) is 4.04. The van der Waals surface area contributed by atoms with Gasteiger partial charge in [-0.05, 0) is 63.0 Å². The summed E-state index contributed by atoms with van der Waals surface area (Å²) in [6.07, 6.45) is 3.82. The van der Waals surface area contributed by atoms with Gasteiger partial charge in [-0.15, -0.1) is 0 Å². The van der Waals surface area contributed by atoms with E-state index in [4.69, 9.17) is 0 Å². The van der Waals surface area contributed by atoms with Crippen molar-refractivity contribution in [2.45, 2.75) is 46.6 Å². The lowest BCUT2D eigenvalue weighted by molar-refractivity contribution is 0.177. The fourth-order valence-electron chi connectivity index (χ4n) is 2.78. The lowest BCUT2D eigenvalue weighted by Gasteiger charge is -2.31. The van der Waals surface area contributed by atoms with Gasteiger partial charge in [0.15, 0.2) is 0 Å². The number of benzene rings is 1. The van der Waals surface area contributed by atoms with Gasteiger partial charge < -0.3 is 5.32 Å². The zero-order valence-electron chi connectivity index (χ0n) is 13.8. The summed E-state index contributed by atoms with van der Waals surface area (Å²) >= 11 is 0. The lowest BCUT2D eigenvalue weighted by Crippen LogP contribution is -2.36. The molecule has 1 aromatic carbocycles. The largest absolute Gasteiger partial charge is 0.319 e. The van der Waals surface area contributed by atoms with Gasteiger partial charge in [0, 0.05) is 6.54 Å². The maximum absolute atomic E-state index is 3.30. The molecule has 2 nitrogen and oxygen atoms in total. The molecule has 20 heavy (non-hydrogen) atoms. The second kappa shape index (κ2) is 9.95. The second-order valence-corrected chi connectivity index (χ2v) is 5.45. The predicted octanol–water partition coefficient (Wildman–Crippen LogP) is 3.71. The van der Waals surface area contributed by atoms with Crippen molar-refractivity contribution in [2.75, 3.05) is 26.7 Å². The van der Waals surface area contributed by atoms with E-state index in [-0.39, 0.29) is 0 Å². The van der Waals surface area contributed by atoms with E-state index in [1.165, 1.54) is 43.6 Å². The van der Waals surface area contributed by atoms with Gasteiger partial charge in [-0.3, -0.25) is 4.90 Å². The first-order chi connectivity index (χ1) is 9.81. The Kier molecular flexibility index (Phi) is 8.56. The minimum absolute atomic E-state index is 0.883. The number of likely N-dealkylation sites (tertiary alicyclic amines) is 1. The summed E-state index contributed by atoms with van der Waals surface area (Å²) in [7, 11) is 2.06. The molecule has 1 aromatic rings. The molecule has 2 heteroatoms. The van der Waals surface area contributed by atoms with Crippen molar-refractivity contribution in [3.05, 3.63) is 35.4 Å². The van der Waals surface area contributed by atoms with E-state index in [0.717, 1.165) is 18.9 Å². The zero-order chi connectivity index (χ0) is 14.8. The Hall–Kier alpha value is -0.860. The Morgan fingerprint density at radius 2 is 1.60 bits per heavy atom. The van der Waals surface area contributed by atoms with Gasteiger partial charge in [0.2, 0.25) is 0 Å². The molecular formula is C18H32N2. The van der Waals surface area contributed by atoms with Crippen LogP contribution in [0.2, 0.25) is 0 Å². The summed E-state index contributed by atoms with van der Waals surface area (Å²) in [6.45, 7) is 11.0. The summed E-state index contributed by atoms with van der Waals surface area (Å²) in [5, 5.41) is 3.30. The van der Waals surface area contributed by atoms with Crippen molar-refractivity contribution < 1.29 is 0 Å². The van der Waals surface area contributed by atoms with Gasteiger partial charge in [0.1, 0.15) is 0 Å². The van der Waals surface area contributed by atoms with Crippen LogP contribution in [0.1, 0.15) is 44.7 Å². The van der Waals surface area contributed by atoms with Gasteiger partial charge in [-0.1, -0.05) is 45.0 Å². The Bertz CT molecular complexity index is 337. The van der Waals surface area contributed by atoms with Gasteiger partial charge >= 0.3 is 0 Å². The molecule has 0 bridgehead atoms. The van der Waals surface area contributed by atoms with E-state index in [1.807, 2.05) is 13.8 Å². The Morgan fingerprint density at radius 1 is 1.05 bits per heavy atom. The highest BCUT2D eigenvalue weighted by molar-refractivity contribution is 5.22. The van der Waals surface area contributed by atoms with Crippen LogP contribution in [0.3, 0.4) is 0 Å². The molecule has 1 heterocycles. The van der Waals surface area contributed by atoms with Crippen LogP contribution in [-0.2, 0) is 13.0 Å². The molecule has 0 aromatic heterocycles. The monoisotopic (exact) mass is 276 g/mol. The fourth-order valence-corrected chi connectivity index (χ4v) is 2.78. The molecule has 0 radical (unpaired) electrons. The number of hydrogen-bond acceptors (Lipinski definition) is 2. The first-order valence-electron chi connectivity index (χ1n) is 8.26. The van der Waals surface area contributed by atoms with Crippen LogP contribution in [0.15, 0.2) is 24.3 Å². The molecule has 1 fully saturated rings. The molecular weight excluding hydrogens is 244 g/mol. The summed E-state index contributed by atoms with van der Waals surface area (Å²) in [5.74, 6) is 0.883. The molecule has 0 spiro atoms. The van der Waals surface area contributed by atoms with E-state index in [2.05, 4.69) is 48.5 Å². The van der Waals surface area contributed by atoms with E-state index >= 15 is 0 Å². The van der Waals surface area contributed by atoms with Gasteiger partial charge in [-0.2, -0.15) is 0 Å². The van der Waals surface area contributed by atoms with Crippen LogP contribution >= 0.6 is 0 Å². The van der Waals surface area contributed by atoms with Crippen molar-refractivity contribution in [1.29, 1.82) is 0 Å². The van der Waals surface area contributed by atoms with Crippen LogP contribution in [0, 0.1) is 5.92 Å². The van der Waals surface area contributed by atoms with Crippen molar-refractivity contribution in [3.63, 3.8) is 0 Å². The average molecular weight is 276 g/mol. The van der Waals surface area contributed by atoms with Crippen LogP contribution in [0.25, 0.3) is 0 Å². The normalized spacial score (nSPS) is 16.6. The minimum Gasteiger partial charge on any atom is -0.319 e. The smallest absolute Gasteiger partial charge is 0.0233 e. The molecule has 0 unspecified atom stereocenters. The average Bonchev–Trinajstić information content (AvgIpc) is 2.52. The van der Waals surface area contributed by atoms with E-state index in [0.29, 0.717) is 0 Å². The number of aryl methyl sites for hydroxylation is 1. The lowest BCUT2D eigenvalue weighted by atomic mass is 9.96. The summed E-state index contributed by atoms with van der Waals surface area (Å²) in [5.41, 5.74) is 2.89. The highest BCUT2D eigenvalue weighted by atomic mass is 15.1. The van der Waals surface area contributed by atoms with Crippen molar-refractivity contribution in [1.82, 2.24) is 10.2 Å². The minimum atomic E-state index is 0.883. The van der Waals surface area contributed by atoms with Crippen LogP contribution in [-0.4, -0.2) is 31.6 Å². The maximum Gasteiger partial charge on any atom is 0.0233 e. The standard InChI is InChI=1S/C16H26N2.C2H6/c1-3-14-4-6-16(7-5-14)13-18-10-8-15(9-11-18)12-17-2;1-2/h4-7,15,17H,3,8-13H2,1-2H3;1-2H3. The van der Waals surface area contributed by atoms with Crippen LogP contribution in [0.4, 0.5) is 0 Å². The van der Waals surface area contributed by atoms with Crippen molar-refractivity contribution >= 4 is 0 Å². The van der Waals surface area contributed by atoms with E-state index in [1.54, 1.807) is 0 Å². The summed E-state index contributed by atoms with van der Waals surface area (Å²) in [6, 6.07) is 9.11. The molecule has 1 aliphatic heterocycles. The Balaban J connectivity index is 0.000000956. The highest BCUT2D eigenvalue weighted by Crippen LogP contribution is 2.18. The van der Waals surface area contributed by atoms with Crippen molar-refractivity contribution in [2.24, 2.45) is 5.92 Å². The van der Waals surface area contributed by atoms with Gasteiger partial charge in [0.25, 0.3) is 0 Å². The predicted molar refractivity (Wildman–Crippen MR) is 89.1 cm³/mol. The van der Waals surface area contributed by atoms with Crippen molar-refractivity contribution in [3.8, 4) is 0 Å². The molecule has 0 aliphatic carbocycles. The molecule has 0 amide bonds. The number of nitrogens with one attached hydrogen (secondary N) is 1. The van der Waals surface area contributed by atoms with E-state index in [9.17, 15) is 0 Å². The highest BCUT2D eigenvalue weighted by Gasteiger charge is 2.18. The summed E-state index contributed by atoms with van der Waals surface area (Å²) < 4.78 is 0. The molecule has 1 N–H and O–H groups in total. The molecule has 114 valence electrons. The first kappa shape index (κ1) is 17.2. The SMILES string of the molecule is CC.CCc1ccc(CN2CCC(CNC)CC2)cc1. The zero-order valence-corrected chi connectivity index (χ0v) is 13.8. The number of nitrogens with zero attached hydrogens (tertiary/aromatic N) is 1. The van der Waals surface area contributed by atoms with E-state index < -0.39 is 0 Å². The van der Waals surface area contributed by atoms with Crippen LogP contribution in [0.5, 0.6) is 0 Å². The summed E-state index contributed by atoms with van der Waals surface area (Å²) in [4.78, 5) is 2.59. The molecule has 0 saturated carbocycles. The maximum atomic E-state index is 3.30. The molecule has 1 aliphatic rings. The van der Waals surface area contributed by atoms with Gasteiger partial charge in [0.05, 0.1) is 0 Å². The number of hydrogen-bond donors (Lipinski definition) is 1. The molecule has 2 rings (SSSR count). The number of rotatable bonds is 5. The fraction of sp³-hybridized carbons (Fsp3) is 0.667. The third-order valence-corrected chi connectivity index (χ3v) is 4.04. The second-order valence-electron chi connectivity index (χ2n) is 5.45. The van der Waals surface area contributed by atoms with Crippen LogP contribution < -0.4 is 5.32 Å². The van der Waals surface area contributed by atoms with Gasteiger partial charge in [-0.25, -0.2) is 0 Å². The Labute approximate surface area is 125 Å². The quantitative estimate of drug-likeness (QED) is 0.882. The topological polar surface area (TPSA) is 15.3 Å². The first-order valence-corrected chi connectivity index (χ1v) is 8.26. The number of piperidine rings is 1. The Morgan fingerprint density at radius 3 is 2.10 bits per heavy atom. The molecule has 0 atom stereocenters.